The molecule has 0 saturated heterocycles. The summed E-state index contributed by atoms with van der Waals surface area (Å²) in [6, 6.07) is 10.2. The van der Waals surface area contributed by atoms with E-state index < -0.39 is 0 Å². The Morgan fingerprint density at radius 3 is 3.00 bits per heavy atom. The van der Waals surface area contributed by atoms with Crippen LogP contribution in [0.4, 0.5) is 5.69 Å². The number of amidine groups is 1. The predicted octanol–water partition coefficient (Wildman–Crippen LogP) is 3.29. The van der Waals surface area contributed by atoms with Crippen molar-refractivity contribution in [1.82, 2.24) is 20.3 Å². The molecule has 1 aromatic carbocycles. The van der Waals surface area contributed by atoms with Gasteiger partial charge in [0.15, 0.2) is 0 Å². The molecule has 0 spiro atoms. The lowest BCUT2D eigenvalue weighted by atomic mass is 10.1. The van der Waals surface area contributed by atoms with Crippen LogP contribution in [0.3, 0.4) is 0 Å². The fraction of sp³-hybridized carbons (Fsp3) is 0.227. The number of H-pyrrole nitrogens is 2. The zero-order chi connectivity index (χ0) is 20.5. The van der Waals surface area contributed by atoms with Crippen molar-refractivity contribution >= 4 is 33.9 Å². The smallest absolute Gasteiger partial charge is 0.261 e. The number of nitrogens with zero attached hydrogens (tertiary/aromatic N) is 2. The Hall–Kier alpha value is -3.39. The molecule has 30 heavy (non-hydrogen) atoms. The van der Waals surface area contributed by atoms with E-state index in [-0.39, 0.29) is 5.56 Å². The summed E-state index contributed by atoms with van der Waals surface area (Å²) < 4.78 is 0. The monoisotopic (exact) mass is 418 g/mol. The topological polar surface area (TPSA) is 98.0 Å². The number of imidazole rings is 1. The normalized spacial score (nSPS) is 13.4. The van der Waals surface area contributed by atoms with Crippen molar-refractivity contribution in [3.8, 4) is 11.4 Å². The van der Waals surface area contributed by atoms with Gasteiger partial charge < -0.3 is 20.6 Å². The number of pyridine rings is 1. The van der Waals surface area contributed by atoms with Gasteiger partial charge in [-0.3, -0.25) is 9.79 Å². The zero-order valence-corrected chi connectivity index (χ0v) is 17.4. The average molecular weight is 419 g/mol. The molecule has 7 nitrogen and oxygen atoms in total. The van der Waals surface area contributed by atoms with Crippen molar-refractivity contribution in [2.24, 2.45) is 4.99 Å². The number of benzene rings is 1. The summed E-state index contributed by atoms with van der Waals surface area (Å²) in [5, 5.41) is 8.79. The van der Waals surface area contributed by atoms with E-state index in [9.17, 15) is 4.79 Å². The van der Waals surface area contributed by atoms with Crippen LogP contribution in [0.1, 0.15) is 16.0 Å². The van der Waals surface area contributed by atoms with Gasteiger partial charge in [-0.25, -0.2) is 4.98 Å². The van der Waals surface area contributed by atoms with Crippen LogP contribution in [0.25, 0.3) is 22.4 Å². The minimum absolute atomic E-state index is 0.171. The molecule has 0 saturated carbocycles. The molecule has 5 rings (SSSR count). The summed E-state index contributed by atoms with van der Waals surface area (Å²) in [6.07, 6.45) is 2.57. The first-order valence-electron chi connectivity index (χ1n) is 9.96. The van der Waals surface area contributed by atoms with E-state index in [1.54, 1.807) is 17.5 Å². The van der Waals surface area contributed by atoms with Crippen LogP contribution in [0.5, 0.6) is 0 Å². The number of anilines is 1. The summed E-state index contributed by atoms with van der Waals surface area (Å²) in [6.45, 7) is 4.42. The van der Waals surface area contributed by atoms with Crippen molar-refractivity contribution in [2.45, 2.75) is 13.3 Å². The van der Waals surface area contributed by atoms with Gasteiger partial charge in [0.2, 0.25) is 0 Å². The Morgan fingerprint density at radius 1 is 1.27 bits per heavy atom. The number of thiophene rings is 1. The average Bonchev–Trinajstić information content (AvgIpc) is 3.49. The molecule has 1 aliphatic heterocycles. The number of hydrogen-bond acceptors (Lipinski definition) is 6. The van der Waals surface area contributed by atoms with E-state index in [1.165, 1.54) is 4.88 Å². The van der Waals surface area contributed by atoms with Gasteiger partial charge in [-0.2, -0.15) is 0 Å². The maximum absolute atomic E-state index is 12.7. The molecule has 0 unspecified atom stereocenters. The molecular weight excluding hydrogens is 396 g/mol. The third kappa shape index (κ3) is 3.50. The van der Waals surface area contributed by atoms with Gasteiger partial charge >= 0.3 is 0 Å². The highest BCUT2D eigenvalue weighted by Crippen LogP contribution is 2.27. The Kier molecular flexibility index (Phi) is 4.84. The van der Waals surface area contributed by atoms with E-state index in [1.807, 2.05) is 19.1 Å². The summed E-state index contributed by atoms with van der Waals surface area (Å²) >= 11 is 1.74. The van der Waals surface area contributed by atoms with Crippen molar-refractivity contribution in [3.63, 3.8) is 0 Å². The molecule has 4 aromatic rings. The molecule has 4 heterocycles. The SMILES string of the molecule is Cc1cc(C2=NCCN2)cc2[nH]c(-c3c(NCCc4cccs4)cc[nH]c3=O)nc12. The Balaban J connectivity index is 1.50. The number of aromatic nitrogens is 3. The molecule has 0 fully saturated rings. The Morgan fingerprint density at radius 2 is 2.20 bits per heavy atom. The van der Waals surface area contributed by atoms with E-state index in [0.29, 0.717) is 11.4 Å². The highest BCUT2D eigenvalue weighted by molar-refractivity contribution is 7.09. The predicted molar refractivity (Wildman–Crippen MR) is 123 cm³/mol. The lowest BCUT2D eigenvalue weighted by Gasteiger charge is -2.09. The minimum atomic E-state index is -0.171. The molecule has 0 radical (unpaired) electrons. The van der Waals surface area contributed by atoms with Gasteiger partial charge in [-0.15, -0.1) is 11.3 Å². The second-order valence-corrected chi connectivity index (χ2v) is 8.32. The lowest BCUT2D eigenvalue weighted by molar-refractivity contribution is 0.960. The van der Waals surface area contributed by atoms with E-state index >= 15 is 0 Å². The van der Waals surface area contributed by atoms with E-state index in [2.05, 4.69) is 49.2 Å². The number of fused-ring (bicyclic) bond motifs is 1. The maximum atomic E-state index is 12.7. The molecule has 4 N–H and O–H groups in total. The van der Waals surface area contributed by atoms with E-state index in [0.717, 1.165) is 59.7 Å². The van der Waals surface area contributed by atoms with Crippen LogP contribution >= 0.6 is 11.3 Å². The number of hydrogen-bond donors (Lipinski definition) is 4. The summed E-state index contributed by atoms with van der Waals surface area (Å²) in [7, 11) is 0. The summed E-state index contributed by atoms with van der Waals surface area (Å²) in [5.74, 6) is 1.47. The third-order valence-corrected chi connectivity index (χ3v) is 6.13. The zero-order valence-electron chi connectivity index (χ0n) is 16.6. The summed E-state index contributed by atoms with van der Waals surface area (Å²) in [5.41, 5.74) is 4.95. The van der Waals surface area contributed by atoms with Gasteiger partial charge in [0.05, 0.1) is 23.3 Å². The van der Waals surface area contributed by atoms with Crippen LogP contribution in [0.2, 0.25) is 0 Å². The van der Waals surface area contributed by atoms with Crippen LogP contribution in [-0.2, 0) is 6.42 Å². The molecule has 8 heteroatoms. The summed E-state index contributed by atoms with van der Waals surface area (Å²) in [4.78, 5) is 29.4. The Bertz CT molecular complexity index is 1280. The standard InChI is InChI=1S/C22H22N6OS/c1-13-11-14(20-24-8-9-25-20)12-17-19(13)28-21(27-17)18-16(5-7-26-22(18)29)23-6-4-15-3-2-10-30-15/h2-3,5,7,10-12H,4,6,8-9H2,1H3,(H,24,25)(H,27,28)(H2,23,26,29). The molecule has 152 valence electrons. The van der Waals surface area contributed by atoms with Gasteiger partial charge in [-0.05, 0) is 48.6 Å². The third-order valence-electron chi connectivity index (χ3n) is 5.19. The van der Waals surface area contributed by atoms with Crippen LogP contribution in [0.15, 0.2) is 51.7 Å². The van der Waals surface area contributed by atoms with Gasteiger partial charge in [0.1, 0.15) is 17.2 Å². The molecular formula is C22H22N6OS. The number of aromatic amines is 2. The second-order valence-electron chi connectivity index (χ2n) is 7.28. The van der Waals surface area contributed by atoms with Crippen molar-refractivity contribution < 1.29 is 0 Å². The van der Waals surface area contributed by atoms with Gasteiger partial charge in [-0.1, -0.05) is 6.07 Å². The fourth-order valence-corrected chi connectivity index (χ4v) is 4.48. The lowest BCUT2D eigenvalue weighted by Crippen LogP contribution is -2.19. The first kappa shape index (κ1) is 18.6. The number of aliphatic imine (C=N–C) groups is 1. The van der Waals surface area contributed by atoms with E-state index in [4.69, 9.17) is 4.98 Å². The first-order chi connectivity index (χ1) is 14.7. The first-order valence-corrected chi connectivity index (χ1v) is 10.8. The van der Waals surface area contributed by atoms with Crippen LogP contribution < -0.4 is 16.2 Å². The van der Waals surface area contributed by atoms with Crippen molar-refractivity contribution in [1.29, 1.82) is 0 Å². The second kappa shape index (κ2) is 7.79. The number of nitrogens with one attached hydrogen (secondary N) is 4. The number of rotatable bonds is 6. The highest BCUT2D eigenvalue weighted by Gasteiger charge is 2.17. The highest BCUT2D eigenvalue weighted by atomic mass is 32.1. The molecule has 1 aliphatic rings. The maximum Gasteiger partial charge on any atom is 0.261 e. The van der Waals surface area contributed by atoms with Gasteiger partial charge in [0, 0.05) is 29.7 Å². The van der Waals surface area contributed by atoms with Crippen molar-refractivity contribution in [3.05, 3.63) is 68.3 Å². The number of aryl methyl sites for hydroxylation is 1. The quantitative estimate of drug-likeness (QED) is 0.386. The molecule has 0 bridgehead atoms. The molecule has 0 atom stereocenters. The van der Waals surface area contributed by atoms with Gasteiger partial charge in [0.25, 0.3) is 5.56 Å². The fourth-order valence-electron chi connectivity index (χ4n) is 3.77. The minimum Gasteiger partial charge on any atom is -0.384 e. The van der Waals surface area contributed by atoms with Crippen LogP contribution in [-0.4, -0.2) is 40.4 Å². The van der Waals surface area contributed by atoms with Crippen LogP contribution in [0, 0.1) is 6.92 Å². The molecule has 3 aromatic heterocycles. The molecule has 0 aliphatic carbocycles. The van der Waals surface area contributed by atoms with Crippen molar-refractivity contribution in [2.75, 3.05) is 25.0 Å². The largest absolute Gasteiger partial charge is 0.384 e. The molecule has 0 amide bonds. The Labute approximate surface area is 177 Å².